The molecule has 0 saturated carbocycles. The molecule has 2 rings (SSSR count). The number of rotatable bonds is 1. The second-order valence-electron chi connectivity index (χ2n) is 4.31. The summed E-state index contributed by atoms with van der Waals surface area (Å²) in [5, 5.41) is 0. The summed E-state index contributed by atoms with van der Waals surface area (Å²) in [5.41, 5.74) is 2.58. The third-order valence-corrected chi connectivity index (χ3v) is 2.79. The number of hydrogen-bond acceptors (Lipinski definition) is 0. The minimum Gasteiger partial charge on any atom is -0.166 e. The van der Waals surface area contributed by atoms with Crippen LogP contribution in [0.2, 0.25) is 0 Å². The van der Waals surface area contributed by atoms with Gasteiger partial charge < -0.3 is 0 Å². The average Bonchev–Trinajstić information content (AvgIpc) is 2.37. The van der Waals surface area contributed by atoms with Crippen molar-refractivity contribution < 1.29 is 13.2 Å². The van der Waals surface area contributed by atoms with Gasteiger partial charge in [-0.3, -0.25) is 0 Å². The van der Waals surface area contributed by atoms with Crippen LogP contribution in [0.3, 0.4) is 0 Å². The highest BCUT2D eigenvalue weighted by atomic mass is 19.4. The van der Waals surface area contributed by atoms with Gasteiger partial charge in [0.15, 0.2) is 0 Å². The first kappa shape index (κ1) is 13.2. The van der Waals surface area contributed by atoms with Gasteiger partial charge in [0.05, 0.1) is 5.56 Å². The zero-order valence-corrected chi connectivity index (χ0v) is 10.3. The Balaban J connectivity index is 2.43. The summed E-state index contributed by atoms with van der Waals surface area (Å²) in [6, 6.07) is 10.6. The number of halogens is 3. The largest absolute Gasteiger partial charge is 0.416 e. The second kappa shape index (κ2) is 4.81. The molecular weight excluding hydrogens is 249 g/mol. The van der Waals surface area contributed by atoms with Crippen LogP contribution in [0.4, 0.5) is 13.2 Å². The van der Waals surface area contributed by atoms with Crippen molar-refractivity contribution in [2.45, 2.75) is 13.1 Å². The topological polar surface area (TPSA) is 0 Å². The lowest BCUT2D eigenvalue weighted by atomic mass is 9.99. The Bertz CT molecular complexity index is 629. The number of terminal acetylenes is 1. The molecule has 0 aromatic heterocycles. The molecule has 0 atom stereocenters. The molecule has 0 nitrogen and oxygen atoms in total. The highest BCUT2D eigenvalue weighted by molar-refractivity contribution is 5.66. The van der Waals surface area contributed by atoms with E-state index in [0.717, 1.165) is 28.8 Å². The SMILES string of the molecule is C#Cc1cc(C)cc(-c2ccc(C(F)(F)F)cc2)c1. The van der Waals surface area contributed by atoms with Crippen LogP contribution in [0, 0.1) is 19.3 Å². The summed E-state index contributed by atoms with van der Waals surface area (Å²) in [6.07, 6.45) is 1.04. The van der Waals surface area contributed by atoms with Crippen molar-refractivity contribution in [1.29, 1.82) is 0 Å². The molecule has 0 N–H and O–H groups in total. The molecule has 0 heterocycles. The molecule has 0 bridgehead atoms. The molecule has 19 heavy (non-hydrogen) atoms. The maximum absolute atomic E-state index is 12.5. The molecule has 0 spiro atoms. The monoisotopic (exact) mass is 260 g/mol. The van der Waals surface area contributed by atoms with E-state index in [9.17, 15) is 13.2 Å². The van der Waals surface area contributed by atoms with Gasteiger partial charge in [0.1, 0.15) is 0 Å². The zero-order chi connectivity index (χ0) is 14.0. The lowest BCUT2D eigenvalue weighted by Crippen LogP contribution is -2.03. The minimum absolute atomic E-state index is 0.652. The van der Waals surface area contributed by atoms with Crippen LogP contribution in [0.5, 0.6) is 0 Å². The molecule has 96 valence electrons. The maximum atomic E-state index is 12.5. The van der Waals surface area contributed by atoms with Gasteiger partial charge in [0.2, 0.25) is 0 Å². The van der Waals surface area contributed by atoms with Gasteiger partial charge in [-0.05, 0) is 47.9 Å². The smallest absolute Gasteiger partial charge is 0.166 e. The van der Waals surface area contributed by atoms with Gasteiger partial charge in [0, 0.05) is 5.56 Å². The fourth-order valence-electron chi connectivity index (χ4n) is 1.88. The Labute approximate surface area is 109 Å². The lowest BCUT2D eigenvalue weighted by Gasteiger charge is -2.08. The molecule has 0 unspecified atom stereocenters. The van der Waals surface area contributed by atoms with Gasteiger partial charge in [-0.15, -0.1) is 6.42 Å². The van der Waals surface area contributed by atoms with Gasteiger partial charge in [-0.1, -0.05) is 24.1 Å². The summed E-state index contributed by atoms with van der Waals surface area (Å²) in [7, 11) is 0. The highest BCUT2D eigenvalue weighted by Crippen LogP contribution is 2.31. The van der Waals surface area contributed by atoms with Crippen molar-refractivity contribution in [2.24, 2.45) is 0 Å². The van der Waals surface area contributed by atoms with Gasteiger partial charge in [-0.25, -0.2) is 0 Å². The molecular formula is C16H11F3. The molecule has 0 radical (unpaired) electrons. The molecule has 0 saturated heterocycles. The Morgan fingerprint density at radius 3 is 2.11 bits per heavy atom. The van der Waals surface area contributed by atoms with Crippen molar-refractivity contribution >= 4 is 0 Å². The number of alkyl halides is 3. The van der Waals surface area contributed by atoms with Gasteiger partial charge in [-0.2, -0.15) is 13.2 Å². The van der Waals surface area contributed by atoms with Crippen LogP contribution >= 0.6 is 0 Å². The van der Waals surface area contributed by atoms with Gasteiger partial charge >= 0.3 is 6.18 Å². The molecule has 0 aliphatic heterocycles. The van der Waals surface area contributed by atoms with Crippen molar-refractivity contribution in [1.82, 2.24) is 0 Å². The Morgan fingerprint density at radius 1 is 0.947 bits per heavy atom. The first-order chi connectivity index (χ1) is 8.90. The maximum Gasteiger partial charge on any atom is 0.416 e. The molecule has 3 heteroatoms. The van der Waals surface area contributed by atoms with E-state index in [-0.39, 0.29) is 0 Å². The van der Waals surface area contributed by atoms with E-state index in [2.05, 4.69) is 5.92 Å². The Morgan fingerprint density at radius 2 is 1.58 bits per heavy atom. The predicted molar refractivity (Wildman–Crippen MR) is 69.6 cm³/mol. The number of aryl methyl sites for hydroxylation is 1. The fraction of sp³-hybridized carbons (Fsp3) is 0.125. The van der Waals surface area contributed by atoms with Crippen LogP contribution in [0.25, 0.3) is 11.1 Å². The Hall–Kier alpha value is -2.21. The number of benzene rings is 2. The summed E-state index contributed by atoms with van der Waals surface area (Å²) in [5.74, 6) is 2.53. The zero-order valence-electron chi connectivity index (χ0n) is 10.3. The van der Waals surface area contributed by atoms with Crippen molar-refractivity contribution in [3.8, 4) is 23.5 Å². The molecule has 0 amide bonds. The quantitative estimate of drug-likeness (QED) is 0.654. The molecule has 2 aromatic carbocycles. The van der Waals surface area contributed by atoms with E-state index < -0.39 is 11.7 Å². The normalized spacial score (nSPS) is 11.1. The standard InChI is InChI=1S/C16H11F3/c1-3-12-8-11(2)9-14(10-12)13-4-6-15(7-5-13)16(17,18)19/h1,4-10H,2H3. The Kier molecular flexibility index (Phi) is 3.35. The number of hydrogen-bond donors (Lipinski definition) is 0. The van der Waals surface area contributed by atoms with Crippen LogP contribution in [-0.2, 0) is 6.18 Å². The van der Waals surface area contributed by atoms with E-state index in [0.29, 0.717) is 5.56 Å². The molecule has 0 aliphatic carbocycles. The predicted octanol–water partition coefficient (Wildman–Crippen LogP) is 4.66. The van der Waals surface area contributed by atoms with E-state index in [1.807, 2.05) is 19.1 Å². The fourth-order valence-corrected chi connectivity index (χ4v) is 1.88. The summed E-state index contributed by atoms with van der Waals surface area (Å²) in [4.78, 5) is 0. The van der Waals surface area contributed by atoms with E-state index in [4.69, 9.17) is 6.42 Å². The highest BCUT2D eigenvalue weighted by Gasteiger charge is 2.29. The van der Waals surface area contributed by atoms with Crippen LogP contribution < -0.4 is 0 Å². The minimum atomic E-state index is -4.31. The first-order valence-electron chi connectivity index (χ1n) is 5.66. The van der Waals surface area contributed by atoms with Crippen LogP contribution in [0.1, 0.15) is 16.7 Å². The van der Waals surface area contributed by atoms with E-state index in [1.54, 1.807) is 6.07 Å². The molecule has 0 fully saturated rings. The van der Waals surface area contributed by atoms with E-state index in [1.165, 1.54) is 12.1 Å². The van der Waals surface area contributed by atoms with Crippen LogP contribution in [-0.4, -0.2) is 0 Å². The molecule has 2 aromatic rings. The average molecular weight is 260 g/mol. The van der Waals surface area contributed by atoms with Crippen LogP contribution in [0.15, 0.2) is 42.5 Å². The summed E-state index contributed by atoms with van der Waals surface area (Å²) in [6.45, 7) is 1.90. The van der Waals surface area contributed by atoms with Gasteiger partial charge in [0.25, 0.3) is 0 Å². The lowest BCUT2D eigenvalue weighted by molar-refractivity contribution is -0.137. The molecule has 0 aliphatic rings. The summed E-state index contributed by atoms with van der Waals surface area (Å²) >= 11 is 0. The van der Waals surface area contributed by atoms with Crippen molar-refractivity contribution in [3.05, 3.63) is 59.2 Å². The summed E-state index contributed by atoms with van der Waals surface area (Å²) < 4.78 is 37.4. The van der Waals surface area contributed by atoms with E-state index >= 15 is 0 Å². The third-order valence-electron chi connectivity index (χ3n) is 2.79. The first-order valence-corrected chi connectivity index (χ1v) is 5.66. The third kappa shape index (κ3) is 2.97. The van der Waals surface area contributed by atoms with Crippen molar-refractivity contribution in [3.63, 3.8) is 0 Å². The van der Waals surface area contributed by atoms with Crippen molar-refractivity contribution in [2.75, 3.05) is 0 Å². The second-order valence-corrected chi connectivity index (χ2v) is 4.31.